The van der Waals surface area contributed by atoms with Crippen LogP contribution in [-0.2, 0) is 22.4 Å². The van der Waals surface area contributed by atoms with Crippen LogP contribution in [0, 0.1) is 12.7 Å². The first-order valence-electron chi connectivity index (χ1n) is 27.9. The maximum atomic E-state index is 14.4. The second-order valence-corrected chi connectivity index (χ2v) is 20.7. The van der Waals surface area contributed by atoms with E-state index in [9.17, 15) is 33.2 Å². The SMILES string of the molecule is Cc1ccc(NC(=O)c2ccc3ccccc3c2)c(C(=O)N[C@@H](Cc2c[nH]c3ccccc23)C(=O)CCCN=C(N)N)c1.NC(N)=NCCCC(=O)[C@H](Cc1c[nH]c2ccccc12)NC(=O)c1cc(F)ccc1NC(=O)c1ccc2ccccc2c1. The fourth-order valence-corrected chi connectivity index (χ4v) is 10.1. The van der Waals surface area contributed by atoms with E-state index in [0.717, 1.165) is 72.2 Å². The van der Waals surface area contributed by atoms with Gasteiger partial charge < -0.3 is 54.2 Å². The van der Waals surface area contributed by atoms with E-state index in [0.29, 0.717) is 42.6 Å². The summed E-state index contributed by atoms with van der Waals surface area (Å²) in [6.07, 6.45) is 5.26. The molecule has 0 aliphatic heterocycles. The number of aryl methyl sites for hydroxylation is 1. The number of hydrogen-bond donors (Lipinski definition) is 10. The number of hydrogen-bond acceptors (Lipinski definition) is 8. The zero-order valence-electron chi connectivity index (χ0n) is 47.2. The lowest BCUT2D eigenvalue weighted by Gasteiger charge is -2.19. The van der Waals surface area contributed by atoms with Gasteiger partial charge in [0.2, 0.25) is 0 Å². The number of H-pyrrole nitrogens is 2. The number of fused-ring (bicyclic) bond motifs is 4. The van der Waals surface area contributed by atoms with Gasteiger partial charge in [-0.3, -0.25) is 38.8 Å². The second-order valence-electron chi connectivity index (χ2n) is 20.7. The summed E-state index contributed by atoms with van der Waals surface area (Å²) in [6.45, 7) is 2.44. The van der Waals surface area contributed by atoms with Crippen molar-refractivity contribution >= 4 is 102 Å². The molecule has 0 radical (unpaired) electrons. The second kappa shape index (κ2) is 27.9. The van der Waals surface area contributed by atoms with Crippen LogP contribution in [0.5, 0.6) is 0 Å². The normalized spacial score (nSPS) is 11.7. The molecule has 0 saturated heterocycles. The van der Waals surface area contributed by atoms with Crippen LogP contribution in [0.15, 0.2) is 192 Å². The third kappa shape index (κ3) is 15.4. The molecule has 2 atom stereocenters. The van der Waals surface area contributed by atoms with E-state index < -0.39 is 35.6 Å². The van der Waals surface area contributed by atoms with Crippen molar-refractivity contribution in [3.05, 3.63) is 227 Å². The molecule has 4 amide bonds. The summed E-state index contributed by atoms with van der Waals surface area (Å²) < 4.78 is 14.4. The molecule has 10 aromatic rings. The molecule has 0 bridgehead atoms. The number of carbonyl (C=O) groups is 6. The van der Waals surface area contributed by atoms with Crippen molar-refractivity contribution in [2.45, 2.75) is 57.5 Å². The number of aromatic amines is 2. The van der Waals surface area contributed by atoms with E-state index in [2.05, 4.69) is 41.2 Å². The van der Waals surface area contributed by atoms with Gasteiger partial charge in [-0.05, 0) is 119 Å². The van der Waals surface area contributed by atoms with E-state index in [4.69, 9.17) is 22.9 Å². The summed E-state index contributed by atoms with van der Waals surface area (Å²) in [7, 11) is 0. The molecule has 0 unspecified atom stereocenters. The van der Waals surface area contributed by atoms with Crippen LogP contribution < -0.4 is 44.2 Å². The predicted octanol–water partition coefficient (Wildman–Crippen LogP) is 9.52. The number of rotatable bonds is 22. The van der Waals surface area contributed by atoms with Gasteiger partial charge in [-0.2, -0.15) is 0 Å². The minimum Gasteiger partial charge on any atom is -0.370 e. The number of aliphatic imine (C=N–C) groups is 2. The monoisotopic (exact) mass is 1150 g/mol. The average molecular weight is 1150 g/mol. The van der Waals surface area contributed by atoms with Gasteiger partial charge in [0.25, 0.3) is 23.6 Å². The number of nitrogens with two attached hydrogens (primary N) is 4. The Hall–Kier alpha value is -11.0. The molecule has 10 rings (SSSR count). The summed E-state index contributed by atoms with van der Waals surface area (Å²) in [6, 6.07) is 48.6. The van der Waals surface area contributed by atoms with Crippen LogP contribution in [0.1, 0.15) is 83.8 Å². The molecule has 436 valence electrons. The number of aromatic nitrogens is 2. The number of Topliss-reactive ketones (excluding diaryl/α,β-unsaturated/α-hetero) is 2. The number of halogens is 1. The first-order valence-corrected chi connectivity index (χ1v) is 27.9. The number of carbonyl (C=O) groups excluding carboxylic acids is 6. The van der Waals surface area contributed by atoms with Crippen molar-refractivity contribution < 1.29 is 33.2 Å². The van der Waals surface area contributed by atoms with Gasteiger partial charge in [0.1, 0.15) is 5.82 Å². The molecule has 2 heterocycles. The lowest BCUT2D eigenvalue weighted by atomic mass is 9.98. The number of ketones is 2. The minimum absolute atomic E-state index is 0.0335. The lowest BCUT2D eigenvalue weighted by molar-refractivity contribution is -0.121. The highest BCUT2D eigenvalue weighted by Crippen LogP contribution is 2.26. The molecule has 0 fully saturated rings. The molecule has 0 saturated carbocycles. The maximum absolute atomic E-state index is 14.4. The van der Waals surface area contributed by atoms with Gasteiger partial charge in [-0.15, -0.1) is 0 Å². The molecule has 0 spiro atoms. The summed E-state index contributed by atoms with van der Waals surface area (Å²) in [4.78, 5) is 94.8. The van der Waals surface area contributed by atoms with Gasteiger partial charge in [0, 0.05) is 84.1 Å². The largest absolute Gasteiger partial charge is 0.370 e. The van der Waals surface area contributed by atoms with Crippen molar-refractivity contribution in [2.75, 3.05) is 23.7 Å². The lowest BCUT2D eigenvalue weighted by Crippen LogP contribution is -2.42. The van der Waals surface area contributed by atoms with Gasteiger partial charge in [-0.25, -0.2) is 4.39 Å². The number of nitrogens with zero attached hydrogens (tertiary/aromatic N) is 2. The number of benzene rings is 8. The third-order valence-electron chi connectivity index (χ3n) is 14.5. The smallest absolute Gasteiger partial charge is 0.255 e. The highest BCUT2D eigenvalue weighted by atomic mass is 19.1. The van der Waals surface area contributed by atoms with Crippen LogP contribution in [0.3, 0.4) is 0 Å². The maximum Gasteiger partial charge on any atom is 0.255 e. The Morgan fingerprint density at radius 2 is 0.895 bits per heavy atom. The molecule has 2 aromatic heterocycles. The predicted molar refractivity (Wildman–Crippen MR) is 338 cm³/mol. The van der Waals surface area contributed by atoms with E-state index in [1.54, 1.807) is 36.5 Å². The first-order chi connectivity index (χ1) is 41.6. The molecule has 14 N–H and O–H groups in total. The summed E-state index contributed by atoms with van der Waals surface area (Å²) in [5.74, 6) is -3.09. The average Bonchev–Trinajstić information content (AvgIpc) is 4.32. The summed E-state index contributed by atoms with van der Waals surface area (Å²) in [5, 5.41) is 17.1. The van der Waals surface area contributed by atoms with E-state index in [-0.39, 0.29) is 72.0 Å². The topological polar surface area (TPSA) is 311 Å². The minimum atomic E-state index is -0.932. The Morgan fingerprint density at radius 3 is 1.36 bits per heavy atom. The highest BCUT2D eigenvalue weighted by Gasteiger charge is 2.27. The number of nitrogens with one attached hydrogen (secondary N) is 6. The fourth-order valence-electron chi connectivity index (χ4n) is 10.1. The van der Waals surface area contributed by atoms with Gasteiger partial charge in [0.05, 0.1) is 34.6 Å². The Balaban J connectivity index is 0.000000205. The molecular weight excluding hydrogens is 1090 g/mol. The first kappa shape index (κ1) is 59.7. The molecular formula is C67H65FN12O6. The Labute approximate surface area is 494 Å². The summed E-state index contributed by atoms with van der Waals surface area (Å²) in [5.41, 5.74) is 27.5. The van der Waals surface area contributed by atoms with Crippen molar-refractivity contribution in [1.29, 1.82) is 0 Å². The van der Waals surface area contributed by atoms with Crippen LogP contribution in [0.25, 0.3) is 43.4 Å². The van der Waals surface area contributed by atoms with Crippen LogP contribution in [0.2, 0.25) is 0 Å². The van der Waals surface area contributed by atoms with E-state index in [1.807, 2.05) is 134 Å². The molecule has 8 aromatic carbocycles. The fraction of sp³-hybridized carbons (Fsp3) is 0.164. The molecule has 0 aliphatic carbocycles. The quantitative estimate of drug-likeness (QED) is 0.0174. The number of para-hydroxylation sites is 2. The molecule has 0 aliphatic rings. The number of amides is 4. The van der Waals surface area contributed by atoms with Gasteiger partial charge >= 0.3 is 0 Å². The van der Waals surface area contributed by atoms with E-state index in [1.165, 1.54) is 6.07 Å². The van der Waals surface area contributed by atoms with Crippen molar-refractivity contribution in [2.24, 2.45) is 32.9 Å². The number of anilines is 2. The van der Waals surface area contributed by atoms with Crippen LogP contribution in [0.4, 0.5) is 15.8 Å². The van der Waals surface area contributed by atoms with Gasteiger partial charge in [0.15, 0.2) is 23.5 Å². The van der Waals surface area contributed by atoms with E-state index >= 15 is 0 Å². The van der Waals surface area contributed by atoms with Crippen molar-refractivity contribution in [3.8, 4) is 0 Å². The number of guanidine groups is 2. The van der Waals surface area contributed by atoms with Crippen molar-refractivity contribution in [1.82, 2.24) is 20.6 Å². The zero-order valence-corrected chi connectivity index (χ0v) is 47.2. The Bertz CT molecular complexity index is 3950. The highest BCUT2D eigenvalue weighted by molar-refractivity contribution is 6.12. The standard InChI is InChI=1S/C34H34N6O3.C33H31FN6O3/c1-21-12-15-29(39-32(42)24-14-13-22-7-2-3-8-23(22)18-24)27(17-21)33(43)40-30(31(41)11-6-16-37-34(35)36)19-25-20-38-28-10-5-4-9-26(25)28;34-24-13-14-28(39-31(42)22-12-11-20-6-1-2-7-21(20)16-22)26(18-24)32(43)40-29(30(41)10-5-15-37-33(35)36)17-23-19-38-27-9-4-3-8-25(23)27/h2-5,7-10,12-15,17-18,20,30,38H,6,11,16,19H2,1H3,(H,39,42)(H,40,43)(H4,35,36,37);1-4,6-9,11-14,16,18-19,29,38H,5,10,15,17H2,(H,39,42)(H,40,43)(H4,35,36,37)/t30-;29-/m00/s1. The van der Waals surface area contributed by atoms with Crippen molar-refractivity contribution in [3.63, 3.8) is 0 Å². The Kier molecular flexibility index (Phi) is 19.3. The summed E-state index contributed by atoms with van der Waals surface area (Å²) >= 11 is 0. The zero-order chi connectivity index (χ0) is 60.7. The Morgan fingerprint density at radius 1 is 0.477 bits per heavy atom. The molecule has 86 heavy (non-hydrogen) atoms. The van der Waals surface area contributed by atoms with Crippen LogP contribution >= 0.6 is 0 Å². The van der Waals surface area contributed by atoms with Crippen LogP contribution in [-0.4, -0.2) is 82.3 Å². The molecule has 18 nitrogen and oxygen atoms in total. The third-order valence-corrected chi connectivity index (χ3v) is 14.5. The molecule has 19 heteroatoms. The van der Waals surface area contributed by atoms with Gasteiger partial charge in [-0.1, -0.05) is 109 Å².